The van der Waals surface area contributed by atoms with Crippen LogP contribution in [0.4, 0.5) is 4.39 Å². The van der Waals surface area contributed by atoms with Crippen LogP contribution in [0.5, 0.6) is 0 Å². The molecule has 0 radical (unpaired) electrons. The first-order valence-electron chi connectivity index (χ1n) is 7.38. The minimum atomic E-state index is -0.327. The maximum absolute atomic E-state index is 12.9. The number of halogens is 1. The highest BCUT2D eigenvalue weighted by Gasteiger charge is 2.28. The summed E-state index contributed by atoms with van der Waals surface area (Å²) in [6.07, 6.45) is 4.43. The zero-order valence-corrected chi connectivity index (χ0v) is 12.2. The largest absolute Gasteiger partial charge is 0.333 e. The predicted octanol–water partition coefficient (Wildman–Crippen LogP) is 1.36. The van der Waals surface area contributed by atoms with Gasteiger partial charge < -0.3 is 10.6 Å². The van der Waals surface area contributed by atoms with Crippen molar-refractivity contribution < 1.29 is 9.18 Å². The van der Waals surface area contributed by atoms with Crippen LogP contribution in [0, 0.1) is 5.82 Å². The van der Waals surface area contributed by atoms with Gasteiger partial charge in [-0.2, -0.15) is 9.90 Å². The number of likely N-dealkylation sites (tertiary alicyclic amines) is 1. The zero-order valence-electron chi connectivity index (χ0n) is 12.2. The summed E-state index contributed by atoms with van der Waals surface area (Å²) < 4.78 is 12.9. The predicted molar refractivity (Wildman–Crippen MR) is 79.0 cm³/mol. The minimum absolute atomic E-state index is 0.0669. The summed E-state index contributed by atoms with van der Waals surface area (Å²) in [4.78, 5) is 15.7. The fourth-order valence-corrected chi connectivity index (χ4v) is 2.72. The van der Waals surface area contributed by atoms with E-state index in [4.69, 9.17) is 5.73 Å². The lowest BCUT2D eigenvalue weighted by Crippen LogP contribution is -2.47. The van der Waals surface area contributed by atoms with E-state index in [-0.39, 0.29) is 23.5 Å². The molecule has 0 spiro atoms. The summed E-state index contributed by atoms with van der Waals surface area (Å²) in [5.41, 5.74) is 6.64. The van der Waals surface area contributed by atoms with Crippen molar-refractivity contribution in [2.45, 2.75) is 25.3 Å². The average molecular weight is 303 g/mol. The van der Waals surface area contributed by atoms with Gasteiger partial charge in [0.15, 0.2) is 5.69 Å². The average Bonchev–Trinajstić information content (AvgIpc) is 3.05. The molecule has 6 nitrogen and oxygen atoms in total. The molecule has 1 saturated heterocycles. The van der Waals surface area contributed by atoms with Crippen molar-refractivity contribution in [1.29, 1.82) is 0 Å². The molecule has 1 aliphatic heterocycles. The lowest BCUT2D eigenvalue weighted by atomic mass is 10.0. The number of rotatable bonds is 3. The van der Waals surface area contributed by atoms with Gasteiger partial charge in [-0.1, -0.05) is 0 Å². The Balaban J connectivity index is 1.80. The van der Waals surface area contributed by atoms with Crippen LogP contribution in [-0.2, 0) is 0 Å². The second-order valence-corrected chi connectivity index (χ2v) is 5.38. The normalized spacial score (nSPS) is 18.5. The number of carbonyl (C=O) groups excluding carboxylic acids is 1. The summed E-state index contributed by atoms with van der Waals surface area (Å²) in [5.74, 6) is -0.477. The maximum Gasteiger partial charge on any atom is 0.276 e. The van der Waals surface area contributed by atoms with Gasteiger partial charge in [0.05, 0.1) is 11.9 Å². The van der Waals surface area contributed by atoms with E-state index in [2.05, 4.69) is 10.2 Å². The summed E-state index contributed by atoms with van der Waals surface area (Å²) >= 11 is 0. The van der Waals surface area contributed by atoms with Gasteiger partial charge in [0.25, 0.3) is 5.91 Å². The molecule has 2 aromatic rings. The SMILES string of the molecule is NC[C@H]1CCCCN1C(=O)c1cnn(-c2ccc(F)cc2)n1. The van der Waals surface area contributed by atoms with Crippen molar-refractivity contribution in [2.75, 3.05) is 13.1 Å². The molecule has 0 unspecified atom stereocenters. The van der Waals surface area contributed by atoms with Crippen molar-refractivity contribution in [3.63, 3.8) is 0 Å². The van der Waals surface area contributed by atoms with Crippen LogP contribution in [0.15, 0.2) is 30.5 Å². The molecule has 2 N–H and O–H groups in total. The van der Waals surface area contributed by atoms with Crippen molar-refractivity contribution in [2.24, 2.45) is 5.73 Å². The van der Waals surface area contributed by atoms with E-state index in [1.54, 1.807) is 17.0 Å². The molecule has 1 atom stereocenters. The summed E-state index contributed by atoms with van der Waals surface area (Å²) in [6, 6.07) is 5.85. The lowest BCUT2D eigenvalue weighted by molar-refractivity contribution is 0.0617. The molecular weight excluding hydrogens is 285 g/mol. The molecule has 22 heavy (non-hydrogen) atoms. The fraction of sp³-hybridized carbons (Fsp3) is 0.400. The van der Waals surface area contributed by atoms with Crippen LogP contribution in [0.2, 0.25) is 0 Å². The molecule has 0 aliphatic carbocycles. The van der Waals surface area contributed by atoms with Gasteiger partial charge in [0.2, 0.25) is 0 Å². The number of amides is 1. The Bertz CT molecular complexity index is 654. The number of nitrogens with two attached hydrogens (primary N) is 1. The van der Waals surface area contributed by atoms with E-state index in [0.29, 0.717) is 18.8 Å². The van der Waals surface area contributed by atoms with E-state index in [9.17, 15) is 9.18 Å². The van der Waals surface area contributed by atoms with E-state index in [1.165, 1.54) is 23.1 Å². The molecule has 0 saturated carbocycles. The smallest absolute Gasteiger partial charge is 0.276 e. The molecule has 3 rings (SSSR count). The monoisotopic (exact) mass is 303 g/mol. The standard InChI is InChI=1S/C15H18FN5O/c16-11-4-6-12(7-5-11)21-18-10-14(19-21)15(22)20-8-2-1-3-13(20)9-17/h4-7,10,13H,1-3,8-9,17H2/t13-/m1/s1. The Kier molecular flexibility index (Phi) is 4.15. The Hall–Kier alpha value is -2.28. The highest BCUT2D eigenvalue weighted by molar-refractivity contribution is 5.92. The van der Waals surface area contributed by atoms with Crippen LogP contribution >= 0.6 is 0 Å². The molecular formula is C15H18FN5O. The number of nitrogens with zero attached hydrogens (tertiary/aromatic N) is 4. The molecule has 2 heterocycles. The van der Waals surface area contributed by atoms with Gasteiger partial charge in [-0.3, -0.25) is 4.79 Å². The first kappa shape index (κ1) is 14.6. The molecule has 1 aliphatic rings. The topological polar surface area (TPSA) is 77.0 Å². The minimum Gasteiger partial charge on any atom is -0.333 e. The van der Waals surface area contributed by atoms with Crippen LogP contribution in [0.3, 0.4) is 0 Å². The molecule has 1 fully saturated rings. The molecule has 1 aromatic carbocycles. The van der Waals surface area contributed by atoms with Crippen molar-refractivity contribution >= 4 is 5.91 Å². The van der Waals surface area contributed by atoms with Crippen LogP contribution in [0.1, 0.15) is 29.8 Å². The lowest BCUT2D eigenvalue weighted by Gasteiger charge is -2.34. The molecule has 1 amide bonds. The van der Waals surface area contributed by atoms with E-state index < -0.39 is 0 Å². The fourth-order valence-electron chi connectivity index (χ4n) is 2.72. The number of aromatic nitrogens is 3. The highest BCUT2D eigenvalue weighted by Crippen LogP contribution is 2.18. The molecule has 7 heteroatoms. The highest BCUT2D eigenvalue weighted by atomic mass is 19.1. The van der Waals surface area contributed by atoms with E-state index in [1.807, 2.05) is 0 Å². The van der Waals surface area contributed by atoms with Crippen molar-refractivity contribution in [3.05, 3.63) is 42.0 Å². The first-order valence-corrected chi connectivity index (χ1v) is 7.38. The Morgan fingerprint density at radius 3 is 2.82 bits per heavy atom. The van der Waals surface area contributed by atoms with Gasteiger partial charge in [0, 0.05) is 19.1 Å². The van der Waals surface area contributed by atoms with Gasteiger partial charge in [-0.25, -0.2) is 4.39 Å². The van der Waals surface area contributed by atoms with Gasteiger partial charge >= 0.3 is 0 Å². The van der Waals surface area contributed by atoms with Crippen LogP contribution in [-0.4, -0.2) is 44.9 Å². The quantitative estimate of drug-likeness (QED) is 0.929. The van der Waals surface area contributed by atoms with E-state index >= 15 is 0 Å². The van der Waals surface area contributed by atoms with Crippen LogP contribution < -0.4 is 5.73 Å². The van der Waals surface area contributed by atoms with Crippen molar-refractivity contribution in [1.82, 2.24) is 19.9 Å². The van der Waals surface area contributed by atoms with Gasteiger partial charge in [0.1, 0.15) is 5.82 Å². The Morgan fingerprint density at radius 2 is 2.09 bits per heavy atom. The molecule has 116 valence electrons. The second-order valence-electron chi connectivity index (χ2n) is 5.38. The van der Waals surface area contributed by atoms with Gasteiger partial charge in [-0.05, 0) is 43.5 Å². The summed E-state index contributed by atoms with van der Waals surface area (Å²) in [5, 5.41) is 8.29. The van der Waals surface area contributed by atoms with Crippen molar-refractivity contribution in [3.8, 4) is 5.69 Å². The van der Waals surface area contributed by atoms with Crippen LogP contribution in [0.25, 0.3) is 5.69 Å². The summed E-state index contributed by atoms with van der Waals surface area (Å²) in [7, 11) is 0. The first-order chi connectivity index (χ1) is 10.7. The van der Waals surface area contributed by atoms with Gasteiger partial charge in [-0.15, -0.1) is 5.10 Å². The van der Waals surface area contributed by atoms with E-state index in [0.717, 1.165) is 19.3 Å². The third-order valence-electron chi connectivity index (χ3n) is 3.93. The number of piperidine rings is 1. The number of carbonyl (C=O) groups is 1. The Morgan fingerprint density at radius 1 is 1.32 bits per heavy atom. The summed E-state index contributed by atoms with van der Waals surface area (Å²) in [6.45, 7) is 1.15. The number of benzene rings is 1. The third kappa shape index (κ3) is 2.85. The number of hydrogen-bond donors (Lipinski definition) is 1. The third-order valence-corrected chi connectivity index (χ3v) is 3.93. The Labute approximate surface area is 127 Å². The molecule has 0 bridgehead atoms. The maximum atomic E-state index is 12.9. The molecule has 1 aromatic heterocycles. The second kappa shape index (κ2) is 6.23. The number of hydrogen-bond acceptors (Lipinski definition) is 4. The zero-order chi connectivity index (χ0) is 15.5.